The Bertz CT molecular complexity index is 740. The number of fused-ring (bicyclic) bond motifs is 1. The van der Waals surface area contributed by atoms with Gasteiger partial charge in [-0.15, -0.1) is 0 Å². The summed E-state index contributed by atoms with van der Waals surface area (Å²) in [6, 6.07) is 12.5. The first-order valence-corrected chi connectivity index (χ1v) is 8.14. The quantitative estimate of drug-likeness (QED) is 0.929. The van der Waals surface area contributed by atoms with Crippen LogP contribution in [0, 0.1) is 0 Å². The number of ether oxygens (including phenoxy) is 3. The SMILES string of the molecule is COc1cccc([C@H]2c3cc(OC)c(OC)cc3CNC2(C)C)c1. The van der Waals surface area contributed by atoms with Gasteiger partial charge in [-0.2, -0.15) is 0 Å². The molecule has 0 unspecified atom stereocenters. The van der Waals surface area contributed by atoms with Crippen molar-refractivity contribution in [3.05, 3.63) is 53.1 Å². The number of nitrogens with one attached hydrogen (secondary N) is 1. The van der Waals surface area contributed by atoms with E-state index in [9.17, 15) is 0 Å². The van der Waals surface area contributed by atoms with Crippen LogP contribution in [0.15, 0.2) is 36.4 Å². The van der Waals surface area contributed by atoms with E-state index >= 15 is 0 Å². The summed E-state index contributed by atoms with van der Waals surface area (Å²) in [4.78, 5) is 0. The highest BCUT2D eigenvalue weighted by molar-refractivity contribution is 5.53. The minimum atomic E-state index is -0.0844. The van der Waals surface area contributed by atoms with Gasteiger partial charge in [0, 0.05) is 18.0 Å². The van der Waals surface area contributed by atoms with Crippen LogP contribution in [0.1, 0.15) is 36.5 Å². The predicted octanol–water partition coefficient (Wildman–Crippen LogP) is 3.73. The van der Waals surface area contributed by atoms with Gasteiger partial charge in [0.05, 0.1) is 21.3 Å². The molecule has 2 aromatic rings. The number of hydrogen-bond acceptors (Lipinski definition) is 4. The van der Waals surface area contributed by atoms with Gasteiger partial charge in [0.2, 0.25) is 0 Å². The first-order chi connectivity index (χ1) is 11.5. The third-order valence-electron chi connectivity index (χ3n) is 4.84. The molecule has 0 spiro atoms. The van der Waals surface area contributed by atoms with Crippen molar-refractivity contribution in [2.45, 2.75) is 31.8 Å². The molecule has 0 saturated heterocycles. The van der Waals surface area contributed by atoms with E-state index in [-0.39, 0.29) is 11.5 Å². The highest BCUT2D eigenvalue weighted by Crippen LogP contribution is 2.44. The molecule has 128 valence electrons. The van der Waals surface area contributed by atoms with Gasteiger partial charge in [-0.3, -0.25) is 0 Å². The molecule has 0 aromatic heterocycles. The lowest BCUT2D eigenvalue weighted by atomic mass is 9.73. The van der Waals surface area contributed by atoms with Crippen LogP contribution in [0.25, 0.3) is 0 Å². The van der Waals surface area contributed by atoms with E-state index < -0.39 is 0 Å². The Morgan fingerprint density at radius 3 is 2.33 bits per heavy atom. The van der Waals surface area contributed by atoms with Crippen molar-refractivity contribution >= 4 is 0 Å². The summed E-state index contributed by atoms with van der Waals surface area (Å²) in [6.07, 6.45) is 0. The Balaban J connectivity index is 2.17. The molecular weight excluding hydrogens is 302 g/mol. The number of methoxy groups -OCH3 is 3. The zero-order valence-corrected chi connectivity index (χ0v) is 15.0. The minimum absolute atomic E-state index is 0.0844. The second kappa shape index (κ2) is 6.36. The van der Waals surface area contributed by atoms with E-state index in [1.807, 2.05) is 12.1 Å². The van der Waals surface area contributed by atoms with Gasteiger partial charge in [-0.25, -0.2) is 0 Å². The molecule has 1 N–H and O–H groups in total. The van der Waals surface area contributed by atoms with Crippen LogP contribution in [0.5, 0.6) is 17.2 Å². The van der Waals surface area contributed by atoms with Crippen LogP contribution in [-0.4, -0.2) is 26.9 Å². The lowest BCUT2D eigenvalue weighted by Crippen LogP contribution is -2.48. The highest BCUT2D eigenvalue weighted by atomic mass is 16.5. The zero-order chi connectivity index (χ0) is 17.3. The molecule has 0 amide bonds. The Kier molecular flexibility index (Phi) is 4.41. The van der Waals surface area contributed by atoms with E-state index in [1.165, 1.54) is 16.7 Å². The smallest absolute Gasteiger partial charge is 0.161 e. The van der Waals surface area contributed by atoms with E-state index in [1.54, 1.807) is 21.3 Å². The van der Waals surface area contributed by atoms with Crippen LogP contribution in [-0.2, 0) is 6.54 Å². The molecule has 24 heavy (non-hydrogen) atoms. The molecule has 0 bridgehead atoms. The summed E-state index contributed by atoms with van der Waals surface area (Å²) >= 11 is 0. The normalized spacial score (nSPS) is 18.6. The molecule has 0 aliphatic carbocycles. The van der Waals surface area contributed by atoms with Gasteiger partial charge in [-0.1, -0.05) is 12.1 Å². The van der Waals surface area contributed by atoms with Gasteiger partial charge in [0.1, 0.15) is 5.75 Å². The van der Waals surface area contributed by atoms with Gasteiger partial charge < -0.3 is 19.5 Å². The summed E-state index contributed by atoms with van der Waals surface area (Å²) in [5.41, 5.74) is 3.64. The maximum atomic E-state index is 5.53. The van der Waals surface area contributed by atoms with Crippen molar-refractivity contribution in [2.75, 3.05) is 21.3 Å². The topological polar surface area (TPSA) is 39.7 Å². The van der Waals surface area contributed by atoms with Gasteiger partial charge in [0.15, 0.2) is 11.5 Å². The largest absolute Gasteiger partial charge is 0.497 e. The van der Waals surface area contributed by atoms with E-state index in [2.05, 4.69) is 43.4 Å². The van der Waals surface area contributed by atoms with Crippen molar-refractivity contribution in [1.29, 1.82) is 0 Å². The van der Waals surface area contributed by atoms with E-state index in [4.69, 9.17) is 14.2 Å². The molecular formula is C20H25NO3. The molecule has 0 saturated carbocycles. The number of rotatable bonds is 4. The van der Waals surface area contributed by atoms with Crippen molar-refractivity contribution in [3.8, 4) is 17.2 Å². The fourth-order valence-electron chi connectivity index (χ4n) is 3.59. The van der Waals surface area contributed by atoms with E-state index in [0.717, 1.165) is 23.8 Å². The summed E-state index contributed by atoms with van der Waals surface area (Å²) in [5.74, 6) is 2.59. The fourth-order valence-corrected chi connectivity index (χ4v) is 3.59. The third-order valence-corrected chi connectivity index (χ3v) is 4.84. The first-order valence-electron chi connectivity index (χ1n) is 8.14. The predicted molar refractivity (Wildman–Crippen MR) is 95.3 cm³/mol. The fraction of sp³-hybridized carbons (Fsp3) is 0.400. The highest BCUT2D eigenvalue weighted by Gasteiger charge is 2.37. The lowest BCUT2D eigenvalue weighted by molar-refractivity contribution is 0.316. The van der Waals surface area contributed by atoms with Crippen LogP contribution >= 0.6 is 0 Å². The molecule has 2 aromatic carbocycles. The van der Waals surface area contributed by atoms with Crippen LogP contribution in [0.4, 0.5) is 0 Å². The molecule has 0 fully saturated rings. The first kappa shape index (κ1) is 16.7. The molecule has 0 radical (unpaired) electrons. The minimum Gasteiger partial charge on any atom is -0.497 e. The van der Waals surface area contributed by atoms with Crippen molar-refractivity contribution in [2.24, 2.45) is 0 Å². The summed E-state index contributed by atoms with van der Waals surface area (Å²) in [5, 5.41) is 3.65. The van der Waals surface area contributed by atoms with Gasteiger partial charge in [0.25, 0.3) is 0 Å². The Morgan fingerprint density at radius 2 is 1.67 bits per heavy atom. The summed E-state index contributed by atoms with van der Waals surface area (Å²) in [7, 11) is 5.05. The zero-order valence-electron chi connectivity index (χ0n) is 15.0. The monoisotopic (exact) mass is 327 g/mol. The Hall–Kier alpha value is -2.20. The maximum Gasteiger partial charge on any atom is 0.161 e. The Morgan fingerprint density at radius 1 is 0.958 bits per heavy atom. The molecule has 1 heterocycles. The third kappa shape index (κ3) is 2.82. The Labute approximate surface area is 143 Å². The van der Waals surface area contributed by atoms with Gasteiger partial charge >= 0.3 is 0 Å². The summed E-state index contributed by atoms with van der Waals surface area (Å²) < 4.78 is 16.4. The number of benzene rings is 2. The van der Waals surface area contributed by atoms with E-state index in [0.29, 0.717) is 0 Å². The maximum absolute atomic E-state index is 5.53. The summed E-state index contributed by atoms with van der Waals surface area (Å²) in [6.45, 7) is 5.27. The average Bonchev–Trinajstić information content (AvgIpc) is 2.60. The second-order valence-electron chi connectivity index (χ2n) is 6.69. The van der Waals surface area contributed by atoms with Crippen molar-refractivity contribution < 1.29 is 14.2 Å². The average molecular weight is 327 g/mol. The molecule has 4 heteroatoms. The van der Waals surface area contributed by atoms with Crippen LogP contribution in [0.2, 0.25) is 0 Å². The standard InChI is InChI=1S/C20H25NO3/c1-20(2)19(13-7-6-8-15(9-13)22-3)16-11-18(24-5)17(23-4)10-14(16)12-21-20/h6-11,19,21H,12H2,1-5H3/t19-/m0/s1. The van der Waals surface area contributed by atoms with Gasteiger partial charge in [-0.05, 0) is 54.8 Å². The van der Waals surface area contributed by atoms with Crippen LogP contribution < -0.4 is 19.5 Å². The number of hydrogen-bond donors (Lipinski definition) is 1. The molecule has 1 aliphatic rings. The van der Waals surface area contributed by atoms with Crippen molar-refractivity contribution in [3.63, 3.8) is 0 Å². The van der Waals surface area contributed by atoms with Crippen LogP contribution in [0.3, 0.4) is 0 Å². The molecule has 3 rings (SSSR count). The molecule has 1 atom stereocenters. The molecule has 4 nitrogen and oxygen atoms in total. The second-order valence-corrected chi connectivity index (χ2v) is 6.69. The lowest BCUT2D eigenvalue weighted by Gasteiger charge is -2.42. The molecule has 1 aliphatic heterocycles. The van der Waals surface area contributed by atoms with Crippen molar-refractivity contribution in [1.82, 2.24) is 5.32 Å².